The lowest BCUT2D eigenvalue weighted by Crippen LogP contribution is -2.46. The van der Waals surface area contributed by atoms with Gasteiger partial charge in [0.05, 0.1) is 12.3 Å². The van der Waals surface area contributed by atoms with Crippen molar-refractivity contribution in [3.63, 3.8) is 0 Å². The monoisotopic (exact) mass is 577 g/mol. The molecular formula is C33H43N3O4S. The number of amides is 1. The molecule has 0 radical (unpaired) electrons. The zero-order valence-corrected chi connectivity index (χ0v) is 25.5. The van der Waals surface area contributed by atoms with Gasteiger partial charge in [-0.1, -0.05) is 39.3 Å². The fraction of sp³-hybridized carbons (Fsp3) is 0.515. The van der Waals surface area contributed by atoms with Crippen LogP contribution in [0.3, 0.4) is 0 Å². The molecule has 0 saturated carbocycles. The number of carbonyl (C=O) groups is 2. The van der Waals surface area contributed by atoms with Crippen molar-refractivity contribution >= 4 is 44.7 Å². The number of unbranched alkanes of at least 4 members (excludes halogenated alkanes) is 2. The van der Waals surface area contributed by atoms with Gasteiger partial charge in [-0.3, -0.25) is 19.4 Å². The smallest absolute Gasteiger partial charge is 0.307 e. The molecule has 3 heterocycles. The second-order valence-corrected chi connectivity index (χ2v) is 12.8. The Morgan fingerprint density at radius 1 is 1.00 bits per heavy atom. The van der Waals surface area contributed by atoms with Gasteiger partial charge in [-0.25, -0.2) is 0 Å². The lowest BCUT2D eigenvalue weighted by Gasteiger charge is -2.38. The fourth-order valence-corrected chi connectivity index (χ4v) is 6.67. The summed E-state index contributed by atoms with van der Waals surface area (Å²) in [7, 11) is 0. The zero-order valence-electron chi connectivity index (χ0n) is 24.7. The summed E-state index contributed by atoms with van der Waals surface area (Å²) in [4.78, 5) is 31.8. The van der Waals surface area contributed by atoms with E-state index >= 15 is 0 Å². The Hall–Kier alpha value is -3.10. The molecule has 0 bridgehead atoms. The maximum absolute atomic E-state index is 13.0. The van der Waals surface area contributed by atoms with Crippen LogP contribution in [0.5, 0.6) is 5.75 Å². The molecule has 41 heavy (non-hydrogen) atoms. The van der Waals surface area contributed by atoms with E-state index in [9.17, 15) is 9.59 Å². The summed E-state index contributed by atoms with van der Waals surface area (Å²) in [5.41, 5.74) is 2.93. The highest BCUT2D eigenvalue weighted by atomic mass is 32.1. The van der Waals surface area contributed by atoms with Gasteiger partial charge in [-0.05, 0) is 61.0 Å². The molecule has 2 aromatic carbocycles. The Morgan fingerprint density at radius 2 is 1.83 bits per heavy atom. The number of rotatable bonds is 12. The van der Waals surface area contributed by atoms with Gasteiger partial charge in [0, 0.05) is 66.3 Å². The second-order valence-electron chi connectivity index (χ2n) is 11.8. The van der Waals surface area contributed by atoms with Gasteiger partial charge in [-0.15, -0.1) is 11.3 Å². The molecule has 1 aromatic heterocycles. The van der Waals surface area contributed by atoms with E-state index in [1.807, 2.05) is 30.4 Å². The molecule has 0 N–H and O–H groups in total. The van der Waals surface area contributed by atoms with Crippen LogP contribution in [0.2, 0.25) is 0 Å². The van der Waals surface area contributed by atoms with Crippen LogP contribution < -0.4 is 14.5 Å². The number of esters is 1. The number of carbonyl (C=O) groups excluding carboxylic acids is 2. The van der Waals surface area contributed by atoms with E-state index in [1.165, 1.54) is 15.8 Å². The van der Waals surface area contributed by atoms with Crippen molar-refractivity contribution in [2.45, 2.75) is 64.7 Å². The summed E-state index contributed by atoms with van der Waals surface area (Å²) in [6.07, 6.45) is 4.52. The number of fused-ring (bicyclic) bond motifs is 2. The number of anilines is 2. The van der Waals surface area contributed by atoms with Crippen LogP contribution in [-0.4, -0.2) is 62.8 Å². The molecule has 7 nitrogen and oxygen atoms in total. The molecule has 0 atom stereocenters. The van der Waals surface area contributed by atoms with Gasteiger partial charge >= 0.3 is 5.97 Å². The van der Waals surface area contributed by atoms with Crippen molar-refractivity contribution in [1.29, 1.82) is 0 Å². The lowest BCUT2D eigenvalue weighted by molar-refractivity contribution is -0.144. The molecule has 2 aliphatic rings. The van der Waals surface area contributed by atoms with Crippen LogP contribution in [0.25, 0.3) is 10.1 Å². The molecule has 8 heteroatoms. The molecule has 1 amide bonds. The predicted molar refractivity (Wildman–Crippen MR) is 167 cm³/mol. The summed E-state index contributed by atoms with van der Waals surface area (Å²) < 4.78 is 12.9. The summed E-state index contributed by atoms with van der Waals surface area (Å²) in [5, 5.41) is 3.55. The maximum Gasteiger partial charge on any atom is 0.307 e. The van der Waals surface area contributed by atoms with Gasteiger partial charge in [0.15, 0.2) is 6.73 Å². The SMILES string of the molecule is CCCCC(=O)OCN1C(=O)CC(C)(C)c2ccc(OCCCCN3CCN(c4cccc5sccc45)CC3)cc21. The van der Waals surface area contributed by atoms with Gasteiger partial charge in [0.2, 0.25) is 5.91 Å². The molecule has 5 rings (SSSR count). The minimum Gasteiger partial charge on any atom is -0.494 e. The van der Waals surface area contributed by atoms with Crippen LogP contribution in [0.1, 0.15) is 64.9 Å². The number of ether oxygens (including phenoxy) is 2. The third-order valence-corrected chi connectivity index (χ3v) is 9.18. The molecule has 0 unspecified atom stereocenters. The Morgan fingerprint density at radius 3 is 2.63 bits per heavy atom. The maximum atomic E-state index is 13.0. The van der Waals surface area contributed by atoms with Crippen molar-refractivity contribution < 1.29 is 19.1 Å². The first-order chi connectivity index (χ1) is 19.9. The van der Waals surface area contributed by atoms with Crippen molar-refractivity contribution in [2.75, 3.05) is 55.9 Å². The lowest BCUT2D eigenvalue weighted by atomic mass is 9.77. The topological polar surface area (TPSA) is 62.3 Å². The van der Waals surface area contributed by atoms with E-state index in [0.717, 1.165) is 75.4 Å². The number of hydrogen-bond acceptors (Lipinski definition) is 7. The van der Waals surface area contributed by atoms with E-state index in [-0.39, 0.29) is 24.0 Å². The highest BCUT2D eigenvalue weighted by molar-refractivity contribution is 7.17. The van der Waals surface area contributed by atoms with Crippen LogP contribution in [0, 0.1) is 0 Å². The van der Waals surface area contributed by atoms with E-state index in [2.05, 4.69) is 59.4 Å². The molecular weight excluding hydrogens is 534 g/mol. The van der Waals surface area contributed by atoms with E-state index in [1.54, 1.807) is 4.90 Å². The Bertz CT molecular complexity index is 1350. The van der Waals surface area contributed by atoms with Gasteiger partial charge in [-0.2, -0.15) is 0 Å². The number of nitrogens with zero attached hydrogens (tertiary/aromatic N) is 3. The van der Waals surface area contributed by atoms with Gasteiger partial charge in [0.25, 0.3) is 0 Å². The largest absolute Gasteiger partial charge is 0.494 e. The third kappa shape index (κ3) is 7.04. The van der Waals surface area contributed by atoms with Gasteiger partial charge < -0.3 is 14.4 Å². The third-order valence-electron chi connectivity index (χ3n) is 8.30. The molecule has 1 fully saturated rings. The summed E-state index contributed by atoms with van der Waals surface area (Å²) in [6, 6.07) is 14.8. The number of piperazine rings is 1. The summed E-state index contributed by atoms with van der Waals surface area (Å²) in [5.74, 6) is 0.447. The normalized spacial score (nSPS) is 17.1. The molecule has 1 saturated heterocycles. The van der Waals surface area contributed by atoms with Crippen molar-refractivity contribution in [3.8, 4) is 5.75 Å². The van der Waals surface area contributed by atoms with E-state index < -0.39 is 0 Å². The highest BCUT2D eigenvalue weighted by Gasteiger charge is 2.37. The average Bonchev–Trinajstić information content (AvgIpc) is 3.45. The van der Waals surface area contributed by atoms with Crippen LogP contribution >= 0.6 is 11.3 Å². The Labute approximate surface area is 248 Å². The molecule has 0 spiro atoms. The second kappa shape index (κ2) is 13.3. The Balaban J connectivity index is 1.09. The molecule has 3 aromatic rings. The van der Waals surface area contributed by atoms with Crippen LogP contribution in [0.15, 0.2) is 47.8 Å². The molecule has 2 aliphatic heterocycles. The highest BCUT2D eigenvalue weighted by Crippen LogP contribution is 2.42. The van der Waals surface area contributed by atoms with Crippen molar-refractivity contribution in [1.82, 2.24) is 4.90 Å². The van der Waals surface area contributed by atoms with Crippen molar-refractivity contribution in [3.05, 3.63) is 53.4 Å². The fourth-order valence-electron chi connectivity index (χ4n) is 5.86. The minimum atomic E-state index is -0.284. The van der Waals surface area contributed by atoms with Crippen molar-refractivity contribution in [2.24, 2.45) is 0 Å². The van der Waals surface area contributed by atoms with Crippen LogP contribution in [0.4, 0.5) is 11.4 Å². The number of benzene rings is 2. The minimum absolute atomic E-state index is 0.0324. The number of thiophene rings is 1. The first kappa shape index (κ1) is 29.4. The zero-order chi connectivity index (χ0) is 28.8. The molecule has 220 valence electrons. The number of hydrogen-bond donors (Lipinski definition) is 0. The molecule has 0 aliphatic carbocycles. The standard InChI is InChI=1S/C33H43N3O4S/c1-4-5-11-32(38)40-24-36-29-22-25(12-13-27(29)33(2,3)23-31(36)37)39-20-7-6-15-34-16-18-35(19-17-34)28-9-8-10-30-26(28)14-21-41-30/h8-10,12-14,21-22H,4-7,11,15-20,23-24H2,1-3H3. The Kier molecular flexibility index (Phi) is 9.50. The first-order valence-electron chi connectivity index (χ1n) is 15.0. The quantitative estimate of drug-likeness (QED) is 0.179. The van der Waals surface area contributed by atoms with E-state index in [0.29, 0.717) is 19.4 Å². The van der Waals surface area contributed by atoms with E-state index in [4.69, 9.17) is 9.47 Å². The predicted octanol–water partition coefficient (Wildman–Crippen LogP) is 6.59. The summed E-state index contributed by atoms with van der Waals surface area (Å²) >= 11 is 1.81. The summed E-state index contributed by atoms with van der Waals surface area (Å²) in [6.45, 7) is 12.1. The van der Waals surface area contributed by atoms with Crippen LogP contribution in [-0.2, 0) is 19.7 Å². The first-order valence-corrected chi connectivity index (χ1v) is 15.9. The average molecular weight is 578 g/mol. The van der Waals surface area contributed by atoms with Gasteiger partial charge in [0.1, 0.15) is 5.75 Å².